The van der Waals surface area contributed by atoms with E-state index in [9.17, 15) is 4.79 Å². The molecule has 19 heavy (non-hydrogen) atoms. The summed E-state index contributed by atoms with van der Waals surface area (Å²) in [5.74, 6) is 1.68. The Labute approximate surface area is 117 Å². The second-order valence-corrected chi connectivity index (χ2v) is 7.65. The van der Waals surface area contributed by atoms with Gasteiger partial charge in [0.15, 0.2) is 0 Å². The first-order valence-electron chi connectivity index (χ1n) is 7.43. The van der Waals surface area contributed by atoms with Gasteiger partial charge in [0.1, 0.15) is 5.60 Å². The highest BCUT2D eigenvalue weighted by molar-refractivity contribution is 5.76. The number of aliphatic hydroxyl groups is 1. The van der Waals surface area contributed by atoms with E-state index >= 15 is 0 Å². The largest absolute Gasteiger partial charge is 0.460 e. The maximum atomic E-state index is 12.1. The van der Waals surface area contributed by atoms with E-state index in [1.807, 2.05) is 34.6 Å². The van der Waals surface area contributed by atoms with Crippen molar-refractivity contribution < 1.29 is 14.6 Å². The summed E-state index contributed by atoms with van der Waals surface area (Å²) in [6.45, 7) is 12.1. The summed E-state index contributed by atoms with van der Waals surface area (Å²) in [7, 11) is 0. The smallest absolute Gasteiger partial charge is 0.312 e. The third kappa shape index (κ3) is 4.79. The molecule has 3 unspecified atom stereocenters. The molecule has 1 aliphatic carbocycles. The Hall–Kier alpha value is -0.570. The topological polar surface area (TPSA) is 46.5 Å². The first-order chi connectivity index (χ1) is 8.58. The van der Waals surface area contributed by atoms with Crippen LogP contribution in [0.1, 0.15) is 60.8 Å². The molecule has 0 aromatic rings. The Morgan fingerprint density at radius 3 is 2.16 bits per heavy atom. The summed E-state index contributed by atoms with van der Waals surface area (Å²) in [5, 5.41) is 9.15. The fraction of sp³-hybridized carbons (Fsp3) is 0.938. The molecule has 0 heterocycles. The van der Waals surface area contributed by atoms with Crippen LogP contribution in [0.4, 0.5) is 0 Å². The van der Waals surface area contributed by atoms with Crippen LogP contribution in [0, 0.1) is 23.2 Å². The van der Waals surface area contributed by atoms with Crippen LogP contribution >= 0.6 is 0 Å². The van der Waals surface area contributed by atoms with Gasteiger partial charge in [0.25, 0.3) is 0 Å². The van der Waals surface area contributed by atoms with Gasteiger partial charge in [-0.25, -0.2) is 0 Å². The highest BCUT2D eigenvalue weighted by Gasteiger charge is 2.45. The lowest BCUT2D eigenvalue weighted by molar-refractivity contribution is -0.166. The number of ether oxygens (including phenoxy) is 1. The maximum absolute atomic E-state index is 12.1. The van der Waals surface area contributed by atoms with Crippen molar-refractivity contribution in [2.24, 2.45) is 23.2 Å². The number of hydrogen-bond donors (Lipinski definition) is 1. The third-order valence-electron chi connectivity index (χ3n) is 4.26. The summed E-state index contributed by atoms with van der Waals surface area (Å²) in [6, 6.07) is 0. The summed E-state index contributed by atoms with van der Waals surface area (Å²) in [4.78, 5) is 12.1. The zero-order chi connectivity index (χ0) is 14.8. The number of carbonyl (C=O) groups excluding carboxylic acids is 1. The lowest BCUT2D eigenvalue weighted by Crippen LogP contribution is -2.33. The third-order valence-corrected chi connectivity index (χ3v) is 4.26. The van der Waals surface area contributed by atoms with Gasteiger partial charge in [0.05, 0.1) is 5.41 Å². The Kier molecular flexibility index (Phi) is 5.05. The molecule has 1 aliphatic rings. The molecule has 112 valence electrons. The van der Waals surface area contributed by atoms with E-state index in [1.165, 1.54) is 0 Å². The van der Waals surface area contributed by atoms with E-state index in [0.717, 1.165) is 19.3 Å². The standard InChI is InChI=1S/C16H30O3/c1-11-12(13(11)10-17)8-7-9-16(5,6)14(18)19-15(2,3)4/h11-13,17H,7-10H2,1-6H3. The molecule has 1 rings (SSSR count). The number of rotatable bonds is 6. The molecule has 0 radical (unpaired) electrons. The predicted octanol–water partition coefficient (Wildman–Crippen LogP) is 3.40. The fourth-order valence-electron chi connectivity index (χ4n) is 2.71. The molecule has 1 N–H and O–H groups in total. The fourth-order valence-corrected chi connectivity index (χ4v) is 2.71. The van der Waals surface area contributed by atoms with Crippen molar-refractivity contribution in [3.63, 3.8) is 0 Å². The SMILES string of the molecule is CC1C(CO)C1CCCC(C)(C)C(=O)OC(C)(C)C. The van der Waals surface area contributed by atoms with Gasteiger partial charge >= 0.3 is 5.97 Å². The van der Waals surface area contributed by atoms with Gasteiger partial charge in [-0.2, -0.15) is 0 Å². The van der Waals surface area contributed by atoms with E-state index in [2.05, 4.69) is 6.92 Å². The zero-order valence-electron chi connectivity index (χ0n) is 13.3. The Morgan fingerprint density at radius 1 is 1.16 bits per heavy atom. The van der Waals surface area contributed by atoms with Crippen molar-refractivity contribution in [2.75, 3.05) is 6.61 Å². The minimum atomic E-state index is -0.417. The summed E-state index contributed by atoms with van der Waals surface area (Å²) < 4.78 is 5.46. The number of carbonyl (C=O) groups is 1. The van der Waals surface area contributed by atoms with Gasteiger partial charge in [-0.1, -0.05) is 13.3 Å². The van der Waals surface area contributed by atoms with Crippen molar-refractivity contribution in [3.05, 3.63) is 0 Å². The number of hydrogen-bond acceptors (Lipinski definition) is 3. The summed E-state index contributed by atoms with van der Waals surface area (Å²) >= 11 is 0. The molecule has 0 saturated heterocycles. The van der Waals surface area contributed by atoms with E-state index in [4.69, 9.17) is 9.84 Å². The van der Waals surface area contributed by atoms with Crippen LogP contribution in [0.15, 0.2) is 0 Å². The highest BCUT2D eigenvalue weighted by atomic mass is 16.6. The van der Waals surface area contributed by atoms with Gasteiger partial charge in [-0.15, -0.1) is 0 Å². The van der Waals surface area contributed by atoms with Crippen molar-refractivity contribution in [2.45, 2.75) is 66.4 Å². The molecule has 0 aromatic heterocycles. The molecule has 1 fully saturated rings. The molecule has 0 bridgehead atoms. The molecule has 3 nitrogen and oxygen atoms in total. The van der Waals surface area contributed by atoms with E-state index in [1.54, 1.807) is 0 Å². The lowest BCUT2D eigenvalue weighted by Gasteiger charge is -2.28. The van der Waals surface area contributed by atoms with E-state index < -0.39 is 11.0 Å². The van der Waals surface area contributed by atoms with E-state index in [0.29, 0.717) is 24.4 Å². The molecule has 3 atom stereocenters. The van der Waals surface area contributed by atoms with Crippen LogP contribution < -0.4 is 0 Å². The maximum Gasteiger partial charge on any atom is 0.312 e. The van der Waals surface area contributed by atoms with Gasteiger partial charge in [-0.3, -0.25) is 4.79 Å². The Bertz CT molecular complexity index is 314. The summed E-state index contributed by atoms with van der Waals surface area (Å²) in [5.41, 5.74) is -0.832. The van der Waals surface area contributed by atoms with Crippen molar-refractivity contribution in [3.8, 4) is 0 Å². The average molecular weight is 270 g/mol. The van der Waals surface area contributed by atoms with Gasteiger partial charge in [0.2, 0.25) is 0 Å². The minimum absolute atomic E-state index is 0.109. The van der Waals surface area contributed by atoms with Gasteiger partial charge < -0.3 is 9.84 Å². The van der Waals surface area contributed by atoms with Crippen molar-refractivity contribution in [1.82, 2.24) is 0 Å². The Balaban J connectivity index is 2.33. The molecule has 0 aromatic carbocycles. The molecule has 0 amide bonds. The second kappa shape index (κ2) is 5.82. The summed E-state index contributed by atoms with van der Waals surface area (Å²) in [6.07, 6.45) is 2.99. The molecular weight excluding hydrogens is 240 g/mol. The average Bonchev–Trinajstić information content (AvgIpc) is 2.85. The quantitative estimate of drug-likeness (QED) is 0.752. The molecule has 0 aliphatic heterocycles. The van der Waals surface area contributed by atoms with Crippen LogP contribution in [0.2, 0.25) is 0 Å². The van der Waals surface area contributed by atoms with Crippen LogP contribution in [0.5, 0.6) is 0 Å². The second-order valence-electron chi connectivity index (χ2n) is 7.65. The van der Waals surface area contributed by atoms with Crippen LogP contribution in [0.25, 0.3) is 0 Å². The first kappa shape index (κ1) is 16.5. The molecular formula is C16H30O3. The van der Waals surface area contributed by atoms with Crippen LogP contribution in [0.3, 0.4) is 0 Å². The lowest BCUT2D eigenvalue weighted by atomic mass is 9.86. The highest BCUT2D eigenvalue weighted by Crippen LogP contribution is 2.49. The predicted molar refractivity (Wildman–Crippen MR) is 76.7 cm³/mol. The van der Waals surface area contributed by atoms with Gasteiger partial charge in [-0.05, 0) is 65.2 Å². The molecule has 0 spiro atoms. The number of aliphatic hydroxyl groups excluding tert-OH is 1. The molecule has 3 heteroatoms. The van der Waals surface area contributed by atoms with Crippen molar-refractivity contribution >= 4 is 5.97 Å². The normalized spacial score (nSPS) is 27.2. The van der Waals surface area contributed by atoms with E-state index in [-0.39, 0.29) is 5.97 Å². The van der Waals surface area contributed by atoms with Crippen molar-refractivity contribution in [1.29, 1.82) is 0 Å². The minimum Gasteiger partial charge on any atom is -0.460 e. The van der Waals surface area contributed by atoms with Crippen LogP contribution in [-0.2, 0) is 9.53 Å². The van der Waals surface area contributed by atoms with Gasteiger partial charge in [0, 0.05) is 6.61 Å². The van der Waals surface area contributed by atoms with Crippen LogP contribution in [-0.4, -0.2) is 23.3 Å². The monoisotopic (exact) mass is 270 g/mol. The Morgan fingerprint density at radius 2 is 1.74 bits per heavy atom. The first-order valence-corrected chi connectivity index (χ1v) is 7.43. The number of esters is 1. The molecule has 1 saturated carbocycles. The zero-order valence-corrected chi connectivity index (χ0v) is 13.3.